The molecule has 0 radical (unpaired) electrons. The minimum atomic E-state index is 0.617. The van der Waals surface area contributed by atoms with Gasteiger partial charge in [0.05, 0.1) is 16.7 Å². The molecule has 1 unspecified atom stereocenters. The molecule has 1 fully saturated rings. The number of aryl methyl sites for hydroxylation is 1. The van der Waals surface area contributed by atoms with Gasteiger partial charge in [-0.05, 0) is 63.1 Å². The molecule has 6 heteroatoms. The second-order valence-electron chi connectivity index (χ2n) is 7.59. The van der Waals surface area contributed by atoms with Gasteiger partial charge in [-0.15, -0.1) is 12.6 Å². The third-order valence-electron chi connectivity index (χ3n) is 5.15. The maximum absolute atomic E-state index is 7.35. The van der Waals surface area contributed by atoms with Gasteiger partial charge in [-0.3, -0.25) is 0 Å². The van der Waals surface area contributed by atoms with Crippen molar-refractivity contribution in [3.63, 3.8) is 0 Å². The first kappa shape index (κ1) is 21.1. The van der Waals surface area contributed by atoms with Crippen LogP contribution in [0.3, 0.4) is 0 Å². The molecule has 2 atom stereocenters. The molecule has 1 aliphatic rings. The summed E-state index contributed by atoms with van der Waals surface area (Å²) in [5.41, 5.74) is 10.3. The monoisotopic (exact) mass is 407 g/mol. The molecule has 1 aromatic carbocycles. The molecule has 0 bridgehead atoms. The van der Waals surface area contributed by atoms with Crippen molar-refractivity contribution >= 4 is 35.4 Å². The summed E-state index contributed by atoms with van der Waals surface area (Å²) < 4.78 is 2.27. The Morgan fingerprint density at radius 2 is 2.17 bits per heavy atom. The predicted molar refractivity (Wildman–Crippen MR) is 125 cm³/mol. The number of rotatable bonds is 4. The Balaban J connectivity index is 0.000000252. The van der Waals surface area contributed by atoms with E-state index in [9.17, 15) is 0 Å². The molecule has 2 aromatic heterocycles. The van der Waals surface area contributed by atoms with E-state index in [1.54, 1.807) is 0 Å². The van der Waals surface area contributed by atoms with E-state index >= 15 is 0 Å². The van der Waals surface area contributed by atoms with Crippen LogP contribution in [0.25, 0.3) is 16.6 Å². The Morgan fingerprint density at radius 3 is 2.76 bits per heavy atom. The Hall–Kier alpha value is -2.57. The molecule has 4 rings (SSSR count). The third kappa shape index (κ3) is 5.49. The first-order valence-electron chi connectivity index (χ1n) is 9.87. The topological polar surface area (TPSA) is 79.7 Å². The van der Waals surface area contributed by atoms with Gasteiger partial charge in [-0.2, -0.15) is 0 Å². The van der Waals surface area contributed by atoms with Crippen LogP contribution in [-0.4, -0.2) is 28.4 Å². The lowest BCUT2D eigenvalue weighted by Crippen LogP contribution is -2.17. The average Bonchev–Trinajstić information content (AvgIpc) is 3.29. The second-order valence-corrected chi connectivity index (χ2v) is 8.10. The van der Waals surface area contributed by atoms with Crippen molar-refractivity contribution in [3.05, 3.63) is 66.1 Å². The maximum atomic E-state index is 7.35. The van der Waals surface area contributed by atoms with Crippen molar-refractivity contribution in [2.75, 3.05) is 6.54 Å². The first-order chi connectivity index (χ1) is 14.0. The number of hydrogen-bond acceptors (Lipinski definition) is 5. The summed E-state index contributed by atoms with van der Waals surface area (Å²) in [4.78, 5) is 5.62. The molecular formula is C23H29N5S. The Labute approximate surface area is 177 Å². The molecule has 0 saturated carbocycles. The summed E-state index contributed by atoms with van der Waals surface area (Å²) in [6, 6.07) is 14.7. The standard InChI is InChI=1S/C16H21N5.C7H8S/c1-11-6-12(9-19-11)10-21-5-4-15-16(21)3-2-14(20-15)13(7-17)8-18;1-6-3-2-4-7(8)5-6/h2-5,7-8,11-12,17,19H,6,9-10,18H2,1H3;2-5,8H,1H3/b13-8+,17-7?;/t11-,12?;/m0./s1. The number of hydrogen-bond donors (Lipinski definition) is 4. The predicted octanol–water partition coefficient (Wildman–Crippen LogP) is 4.27. The number of pyridine rings is 1. The summed E-state index contributed by atoms with van der Waals surface area (Å²) >= 11 is 4.15. The zero-order chi connectivity index (χ0) is 20.8. The number of aromatic nitrogens is 2. The Kier molecular flexibility index (Phi) is 7.12. The van der Waals surface area contributed by atoms with Crippen molar-refractivity contribution in [2.45, 2.75) is 37.8 Å². The van der Waals surface area contributed by atoms with Gasteiger partial charge in [0.1, 0.15) is 0 Å². The van der Waals surface area contributed by atoms with E-state index < -0.39 is 0 Å². The highest BCUT2D eigenvalue weighted by atomic mass is 32.1. The van der Waals surface area contributed by atoms with E-state index in [1.165, 1.54) is 24.4 Å². The lowest BCUT2D eigenvalue weighted by molar-refractivity contribution is 0.483. The van der Waals surface area contributed by atoms with E-state index in [0.29, 0.717) is 17.5 Å². The maximum Gasteiger partial charge on any atom is 0.0888 e. The highest BCUT2D eigenvalue weighted by molar-refractivity contribution is 7.80. The summed E-state index contributed by atoms with van der Waals surface area (Å²) in [6.07, 6.45) is 5.97. The fourth-order valence-electron chi connectivity index (χ4n) is 3.68. The van der Waals surface area contributed by atoms with Gasteiger partial charge in [-0.1, -0.05) is 17.7 Å². The van der Waals surface area contributed by atoms with Gasteiger partial charge in [0.25, 0.3) is 0 Å². The second kappa shape index (κ2) is 9.76. The SMILES string of the molecule is C[C@H]1CC(Cn2ccc3nc(/C(C=N)=C/N)ccc32)CN1.Cc1cccc(S)c1. The molecular weight excluding hydrogens is 378 g/mol. The third-order valence-corrected chi connectivity index (χ3v) is 5.43. The lowest BCUT2D eigenvalue weighted by Gasteiger charge is -2.11. The molecule has 1 aliphatic heterocycles. The zero-order valence-electron chi connectivity index (χ0n) is 17.0. The first-order valence-corrected chi connectivity index (χ1v) is 10.3. The van der Waals surface area contributed by atoms with Crippen LogP contribution in [0.1, 0.15) is 24.6 Å². The van der Waals surface area contributed by atoms with Gasteiger partial charge >= 0.3 is 0 Å². The quantitative estimate of drug-likeness (QED) is 0.385. The molecule has 0 amide bonds. The molecule has 1 saturated heterocycles. The highest BCUT2D eigenvalue weighted by Crippen LogP contribution is 2.21. The smallest absolute Gasteiger partial charge is 0.0888 e. The fraction of sp³-hybridized carbons (Fsp3) is 0.304. The summed E-state index contributed by atoms with van der Waals surface area (Å²) in [6.45, 7) is 6.39. The van der Waals surface area contributed by atoms with Gasteiger partial charge in [-0.25, -0.2) is 4.98 Å². The van der Waals surface area contributed by atoms with Crippen LogP contribution in [0, 0.1) is 18.3 Å². The molecule has 3 heterocycles. The molecule has 4 N–H and O–H groups in total. The van der Waals surface area contributed by atoms with Crippen LogP contribution in [0.2, 0.25) is 0 Å². The van der Waals surface area contributed by atoms with Crippen LogP contribution in [0.15, 0.2) is 59.8 Å². The molecule has 5 nitrogen and oxygen atoms in total. The van der Waals surface area contributed by atoms with Crippen molar-refractivity contribution in [1.82, 2.24) is 14.9 Å². The number of nitrogens with two attached hydrogens (primary N) is 1. The minimum absolute atomic E-state index is 0.617. The van der Waals surface area contributed by atoms with Crippen molar-refractivity contribution in [1.29, 1.82) is 5.41 Å². The van der Waals surface area contributed by atoms with Gasteiger partial charge in [0.15, 0.2) is 0 Å². The molecule has 152 valence electrons. The summed E-state index contributed by atoms with van der Waals surface area (Å²) in [7, 11) is 0. The van der Waals surface area contributed by atoms with Gasteiger partial charge in [0.2, 0.25) is 0 Å². The zero-order valence-corrected chi connectivity index (χ0v) is 17.9. The van der Waals surface area contributed by atoms with E-state index in [1.807, 2.05) is 30.3 Å². The van der Waals surface area contributed by atoms with E-state index in [-0.39, 0.29) is 0 Å². The van der Waals surface area contributed by atoms with Crippen LogP contribution in [0.5, 0.6) is 0 Å². The van der Waals surface area contributed by atoms with Crippen molar-refractivity contribution < 1.29 is 0 Å². The molecule has 0 aliphatic carbocycles. The van der Waals surface area contributed by atoms with E-state index in [0.717, 1.165) is 34.7 Å². The Morgan fingerprint density at radius 1 is 1.34 bits per heavy atom. The number of nitrogens with one attached hydrogen (secondary N) is 2. The lowest BCUT2D eigenvalue weighted by atomic mass is 10.1. The van der Waals surface area contributed by atoms with Crippen LogP contribution < -0.4 is 11.1 Å². The number of nitrogens with zero attached hydrogens (tertiary/aromatic N) is 2. The van der Waals surface area contributed by atoms with Crippen LogP contribution in [0.4, 0.5) is 0 Å². The molecule has 3 aromatic rings. The average molecular weight is 408 g/mol. The highest BCUT2D eigenvalue weighted by Gasteiger charge is 2.21. The number of thiol groups is 1. The van der Waals surface area contributed by atoms with Gasteiger partial charge < -0.3 is 21.0 Å². The minimum Gasteiger partial charge on any atom is -0.404 e. The molecule has 29 heavy (non-hydrogen) atoms. The Bertz CT molecular complexity index is 990. The summed E-state index contributed by atoms with van der Waals surface area (Å²) in [5, 5.41) is 10.8. The number of fused-ring (bicyclic) bond motifs is 1. The van der Waals surface area contributed by atoms with E-state index in [4.69, 9.17) is 11.1 Å². The van der Waals surface area contributed by atoms with Crippen molar-refractivity contribution in [3.8, 4) is 0 Å². The van der Waals surface area contributed by atoms with Crippen LogP contribution in [-0.2, 0) is 6.54 Å². The van der Waals surface area contributed by atoms with Crippen molar-refractivity contribution in [2.24, 2.45) is 11.7 Å². The molecule has 0 spiro atoms. The van der Waals surface area contributed by atoms with Crippen LogP contribution >= 0.6 is 12.6 Å². The number of benzene rings is 1. The number of allylic oxidation sites excluding steroid dienone is 1. The van der Waals surface area contributed by atoms with Gasteiger partial charge in [0, 0.05) is 41.7 Å². The fourth-order valence-corrected chi connectivity index (χ4v) is 3.97. The largest absolute Gasteiger partial charge is 0.404 e. The summed E-state index contributed by atoms with van der Waals surface area (Å²) in [5.74, 6) is 0.677. The van der Waals surface area contributed by atoms with E-state index in [2.05, 4.69) is 59.7 Å². The normalized spacial score (nSPS) is 19.1.